The molecule has 3 aromatic rings. The van der Waals surface area contributed by atoms with Crippen LogP contribution in [0.1, 0.15) is 35.2 Å². The monoisotopic (exact) mass is 565 g/mol. The number of carbonyl (C=O) groups excluding carboxylic acids is 2. The van der Waals surface area contributed by atoms with Crippen molar-refractivity contribution >= 4 is 23.2 Å². The summed E-state index contributed by atoms with van der Waals surface area (Å²) < 4.78 is 67.4. The number of alkyl halides is 4. The summed E-state index contributed by atoms with van der Waals surface area (Å²) in [5.74, 6) is -1.88. The quantitative estimate of drug-likeness (QED) is 0.341. The fraction of sp³-hybridized carbons (Fsp3) is 0.480. The number of nitrogen functional groups attached to an aromatic ring is 1. The number of nitrogens with two attached hydrogens (primary N) is 1. The van der Waals surface area contributed by atoms with E-state index < -0.39 is 35.4 Å². The molecule has 214 valence electrons. The average Bonchev–Trinajstić information content (AvgIpc) is 3.65. The van der Waals surface area contributed by atoms with Gasteiger partial charge in [-0.05, 0) is 25.0 Å². The molecule has 0 bridgehead atoms. The van der Waals surface area contributed by atoms with Crippen molar-refractivity contribution in [3.63, 3.8) is 0 Å². The van der Waals surface area contributed by atoms with Gasteiger partial charge in [-0.15, -0.1) is 0 Å². The van der Waals surface area contributed by atoms with Crippen LogP contribution in [0, 0.1) is 5.92 Å². The Morgan fingerprint density at radius 3 is 2.62 bits per heavy atom. The number of carbonyl (C=O) groups is 2. The Labute approximate surface area is 225 Å². The highest BCUT2D eigenvalue weighted by atomic mass is 19.4. The first-order valence-corrected chi connectivity index (χ1v) is 12.5. The van der Waals surface area contributed by atoms with Crippen molar-refractivity contribution in [3.8, 4) is 17.1 Å². The second-order valence-corrected chi connectivity index (χ2v) is 9.81. The van der Waals surface area contributed by atoms with Crippen LogP contribution in [-0.4, -0.2) is 81.9 Å². The molecule has 5 rings (SSSR count). The number of anilines is 1. The third-order valence-corrected chi connectivity index (χ3v) is 7.52. The van der Waals surface area contributed by atoms with Crippen molar-refractivity contribution in [2.75, 3.05) is 33.0 Å². The van der Waals surface area contributed by atoms with E-state index >= 15 is 4.39 Å². The summed E-state index contributed by atoms with van der Waals surface area (Å²) in [6, 6.07) is 1.06. The molecule has 1 saturated carbocycles. The lowest BCUT2D eigenvalue weighted by Gasteiger charge is -2.27. The molecule has 1 aliphatic carbocycles. The van der Waals surface area contributed by atoms with Crippen LogP contribution in [0.5, 0.6) is 5.88 Å². The summed E-state index contributed by atoms with van der Waals surface area (Å²) in [5.41, 5.74) is 4.21. The highest BCUT2D eigenvalue weighted by Crippen LogP contribution is 2.39. The molecule has 2 aliphatic rings. The number of halogens is 4. The summed E-state index contributed by atoms with van der Waals surface area (Å²) in [5, 5.41) is 6.57. The minimum atomic E-state index is -4.75. The molecule has 2 unspecified atom stereocenters. The lowest BCUT2D eigenvalue weighted by molar-refractivity contribution is -0.147. The maximum atomic E-state index is 15.1. The van der Waals surface area contributed by atoms with Gasteiger partial charge >= 0.3 is 12.1 Å². The highest BCUT2D eigenvalue weighted by Gasteiger charge is 2.44. The van der Waals surface area contributed by atoms with Gasteiger partial charge in [0.1, 0.15) is 23.6 Å². The van der Waals surface area contributed by atoms with Crippen LogP contribution in [0.4, 0.5) is 23.4 Å². The zero-order valence-electron chi connectivity index (χ0n) is 21.6. The number of rotatable bonds is 6. The molecule has 3 N–H and O–H groups in total. The molecular weight excluding hydrogens is 538 g/mol. The molecule has 0 spiro atoms. The van der Waals surface area contributed by atoms with Crippen molar-refractivity contribution in [1.82, 2.24) is 29.8 Å². The van der Waals surface area contributed by atoms with Gasteiger partial charge in [0.25, 0.3) is 5.91 Å². The third kappa shape index (κ3) is 4.89. The van der Waals surface area contributed by atoms with Gasteiger partial charge in [-0.1, -0.05) is 6.42 Å². The van der Waals surface area contributed by atoms with Crippen LogP contribution in [0.25, 0.3) is 16.8 Å². The van der Waals surface area contributed by atoms with Gasteiger partial charge < -0.3 is 20.5 Å². The zero-order chi connectivity index (χ0) is 28.8. The first-order valence-electron chi connectivity index (χ1n) is 12.5. The average molecular weight is 566 g/mol. The van der Waals surface area contributed by atoms with Gasteiger partial charge in [-0.3, -0.25) is 14.5 Å². The molecule has 2 fully saturated rings. The van der Waals surface area contributed by atoms with Crippen molar-refractivity contribution in [2.24, 2.45) is 5.92 Å². The summed E-state index contributed by atoms with van der Waals surface area (Å²) in [6.45, 7) is 0.213. The molecule has 1 saturated heterocycles. The maximum Gasteiger partial charge on any atom is 0.418 e. The van der Waals surface area contributed by atoms with Crippen LogP contribution in [0.3, 0.4) is 0 Å². The third-order valence-electron chi connectivity index (χ3n) is 7.52. The lowest BCUT2D eigenvalue weighted by Crippen LogP contribution is -2.43. The molecule has 0 aromatic carbocycles. The number of fused-ring (bicyclic) bond motifs is 1. The number of aromatic nitrogens is 4. The molecule has 0 radical (unpaired) electrons. The van der Waals surface area contributed by atoms with Crippen LogP contribution in [0.2, 0.25) is 0 Å². The first-order chi connectivity index (χ1) is 19.0. The van der Waals surface area contributed by atoms with Crippen LogP contribution in [0.15, 0.2) is 24.7 Å². The Morgan fingerprint density at radius 1 is 1.15 bits per heavy atom. The standard InChI is InChI=1S/C25H27F4N7O4/c1-39-23-14(22(37)34-17-10-35(9-16(17)26)18-5-3-4-13(18)24(38)40-2)6-12(8-31-23)19-7-15(25(27,28)29)20-21(30)32-11-33-36(19)20/h6-8,11,13,16-18H,3-5,9-10H2,1-2H3,(H,34,37)(H2,30,32,33)/t13?,16-,17+,18?/m0/s1. The van der Waals surface area contributed by atoms with E-state index in [4.69, 9.17) is 15.2 Å². The van der Waals surface area contributed by atoms with Crippen LogP contribution < -0.4 is 15.8 Å². The second kappa shape index (κ2) is 10.5. The Morgan fingerprint density at radius 2 is 1.93 bits per heavy atom. The van der Waals surface area contributed by atoms with Gasteiger partial charge in [0.15, 0.2) is 5.82 Å². The predicted molar refractivity (Wildman–Crippen MR) is 133 cm³/mol. The summed E-state index contributed by atoms with van der Waals surface area (Å²) in [6.07, 6.45) is -1.74. The number of methoxy groups -OCH3 is 2. The van der Waals surface area contributed by atoms with E-state index in [2.05, 4.69) is 20.4 Å². The molecule has 1 amide bonds. The second-order valence-electron chi connectivity index (χ2n) is 9.81. The maximum absolute atomic E-state index is 15.1. The molecule has 1 aliphatic heterocycles. The van der Waals surface area contributed by atoms with Gasteiger partial charge in [-0.25, -0.2) is 18.9 Å². The Balaban J connectivity index is 1.42. The van der Waals surface area contributed by atoms with Crippen molar-refractivity contribution in [3.05, 3.63) is 35.8 Å². The minimum absolute atomic E-state index is 0.0360. The Hall–Kier alpha value is -4.01. The van der Waals surface area contributed by atoms with E-state index in [1.165, 1.54) is 26.5 Å². The van der Waals surface area contributed by atoms with Gasteiger partial charge in [0.05, 0.1) is 37.4 Å². The fourth-order valence-electron chi connectivity index (χ4n) is 5.66. The van der Waals surface area contributed by atoms with Crippen molar-refractivity contribution < 1.29 is 36.6 Å². The molecule has 3 aromatic heterocycles. The zero-order valence-corrected chi connectivity index (χ0v) is 21.6. The minimum Gasteiger partial charge on any atom is -0.480 e. The number of pyridine rings is 1. The first kappa shape index (κ1) is 27.6. The summed E-state index contributed by atoms with van der Waals surface area (Å²) in [7, 11) is 2.60. The predicted octanol–water partition coefficient (Wildman–Crippen LogP) is 2.49. The van der Waals surface area contributed by atoms with Gasteiger partial charge in [-0.2, -0.15) is 18.3 Å². The van der Waals surface area contributed by atoms with E-state index in [1.807, 2.05) is 4.90 Å². The van der Waals surface area contributed by atoms with Crippen LogP contribution >= 0.6 is 0 Å². The van der Waals surface area contributed by atoms with E-state index in [-0.39, 0.29) is 59.5 Å². The van der Waals surface area contributed by atoms with Gasteiger partial charge in [0, 0.05) is 30.9 Å². The Kier molecular flexibility index (Phi) is 7.25. The molecule has 40 heavy (non-hydrogen) atoms. The molecule has 11 nitrogen and oxygen atoms in total. The van der Waals surface area contributed by atoms with E-state index in [0.29, 0.717) is 12.8 Å². The number of nitrogens with one attached hydrogen (secondary N) is 1. The number of likely N-dealkylation sites (tertiary alicyclic amines) is 1. The molecular formula is C25H27F4N7O4. The number of esters is 1. The van der Waals surface area contributed by atoms with E-state index in [0.717, 1.165) is 23.3 Å². The Bertz CT molecular complexity index is 1450. The number of nitrogens with zero attached hydrogens (tertiary/aromatic N) is 5. The molecule has 4 atom stereocenters. The molecule has 15 heteroatoms. The number of ether oxygens (including phenoxy) is 2. The highest BCUT2D eigenvalue weighted by molar-refractivity contribution is 5.98. The van der Waals surface area contributed by atoms with E-state index in [9.17, 15) is 22.8 Å². The van der Waals surface area contributed by atoms with Crippen LogP contribution in [-0.2, 0) is 15.7 Å². The van der Waals surface area contributed by atoms with Crippen molar-refractivity contribution in [1.29, 1.82) is 0 Å². The fourth-order valence-corrected chi connectivity index (χ4v) is 5.66. The topological polar surface area (TPSA) is 137 Å². The van der Waals surface area contributed by atoms with Crippen molar-refractivity contribution in [2.45, 2.75) is 43.7 Å². The normalized spacial score (nSPS) is 23.4. The largest absolute Gasteiger partial charge is 0.480 e. The number of hydrogen-bond acceptors (Lipinski definition) is 9. The lowest BCUT2D eigenvalue weighted by atomic mass is 10.0. The van der Waals surface area contributed by atoms with Gasteiger partial charge in [0.2, 0.25) is 5.88 Å². The summed E-state index contributed by atoms with van der Waals surface area (Å²) >= 11 is 0. The molecule has 4 heterocycles. The number of hydrogen-bond donors (Lipinski definition) is 2. The number of amides is 1. The van der Waals surface area contributed by atoms with E-state index in [1.54, 1.807) is 0 Å². The summed E-state index contributed by atoms with van der Waals surface area (Å²) in [4.78, 5) is 35.1. The SMILES string of the molecule is COC(=O)C1CCCC1N1C[C@H](F)[C@H](NC(=O)c2cc(-c3cc(C(F)(F)F)c4c(N)ncnn34)cnc2OC)C1. The smallest absolute Gasteiger partial charge is 0.418 e.